The number of carbonyl (C=O) groups is 1. The minimum atomic E-state index is -0.0501. The van der Waals surface area contributed by atoms with Crippen LogP contribution in [0.5, 0.6) is 5.75 Å². The number of amides is 1. The summed E-state index contributed by atoms with van der Waals surface area (Å²) in [5.41, 5.74) is 6.30. The molecule has 1 amide bonds. The minimum Gasteiger partial charge on any atom is -0.508 e. The molecule has 0 aromatic heterocycles. The first-order valence-electron chi connectivity index (χ1n) is 5.42. The molecule has 0 saturated carbocycles. The SMILES string of the molecule is CC(NC(=O)CCCN)c1ccc(O)cc1.Cl. The van der Waals surface area contributed by atoms with Crippen molar-refractivity contribution >= 4 is 18.3 Å². The lowest BCUT2D eigenvalue weighted by atomic mass is 10.1. The van der Waals surface area contributed by atoms with Crippen LogP contribution in [-0.4, -0.2) is 17.6 Å². The van der Waals surface area contributed by atoms with Gasteiger partial charge in [-0.15, -0.1) is 12.4 Å². The number of phenols is 1. The Bertz CT molecular complexity index is 341. The number of hydrogen-bond acceptors (Lipinski definition) is 3. The molecule has 4 nitrogen and oxygen atoms in total. The van der Waals surface area contributed by atoms with Crippen LogP contribution in [0.4, 0.5) is 0 Å². The zero-order valence-electron chi connectivity index (χ0n) is 9.85. The number of hydrogen-bond donors (Lipinski definition) is 3. The molecule has 1 unspecified atom stereocenters. The van der Waals surface area contributed by atoms with E-state index in [1.807, 2.05) is 6.92 Å². The van der Waals surface area contributed by atoms with Gasteiger partial charge in [0.2, 0.25) is 5.91 Å². The highest BCUT2D eigenvalue weighted by Crippen LogP contribution is 2.16. The molecule has 96 valence electrons. The summed E-state index contributed by atoms with van der Waals surface area (Å²) in [6.07, 6.45) is 1.16. The molecular weight excluding hydrogens is 240 g/mol. The van der Waals surface area contributed by atoms with Gasteiger partial charge in [-0.05, 0) is 37.6 Å². The Morgan fingerprint density at radius 3 is 2.53 bits per heavy atom. The highest BCUT2D eigenvalue weighted by molar-refractivity contribution is 5.85. The van der Waals surface area contributed by atoms with Crippen molar-refractivity contribution in [1.29, 1.82) is 0 Å². The van der Waals surface area contributed by atoms with Crippen molar-refractivity contribution < 1.29 is 9.90 Å². The summed E-state index contributed by atoms with van der Waals surface area (Å²) in [7, 11) is 0. The van der Waals surface area contributed by atoms with E-state index in [0.29, 0.717) is 19.4 Å². The summed E-state index contributed by atoms with van der Waals surface area (Å²) in [6.45, 7) is 2.44. The second-order valence-electron chi connectivity index (χ2n) is 3.77. The van der Waals surface area contributed by atoms with E-state index in [1.165, 1.54) is 0 Å². The van der Waals surface area contributed by atoms with E-state index in [9.17, 15) is 4.79 Å². The maximum Gasteiger partial charge on any atom is 0.220 e. The number of nitrogens with one attached hydrogen (secondary N) is 1. The molecule has 5 heteroatoms. The van der Waals surface area contributed by atoms with Crippen LogP contribution in [0.15, 0.2) is 24.3 Å². The summed E-state index contributed by atoms with van der Waals surface area (Å²) < 4.78 is 0. The van der Waals surface area contributed by atoms with Gasteiger partial charge in [-0.2, -0.15) is 0 Å². The van der Waals surface area contributed by atoms with E-state index < -0.39 is 0 Å². The zero-order chi connectivity index (χ0) is 12.0. The number of halogens is 1. The van der Waals surface area contributed by atoms with E-state index in [4.69, 9.17) is 10.8 Å². The number of carbonyl (C=O) groups excluding carboxylic acids is 1. The van der Waals surface area contributed by atoms with E-state index in [-0.39, 0.29) is 30.1 Å². The number of benzene rings is 1. The lowest BCUT2D eigenvalue weighted by Gasteiger charge is -2.14. The van der Waals surface area contributed by atoms with Crippen LogP contribution in [0.25, 0.3) is 0 Å². The van der Waals surface area contributed by atoms with Crippen molar-refractivity contribution in [1.82, 2.24) is 5.32 Å². The minimum absolute atomic E-state index is 0. The first kappa shape index (κ1) is 15.7. The number of phenolic OH excluding ortho intramolecular Hbond substituents is 1. The third kappa shape index (κ3) is 5.56. The molecule has 0 radical (unpaired) electrons. The van der Waals surface area contributed by atoms with E-state index in [2.05, 4.69) is 5.32 Å². The smallest absolute Gasteiger partial charge is 0.220 e. The van der Waals surface area contributed by atoms with Gasteiger partial charge < -0.3 is 16.2 Å². The topological polar surface area (TPSA) is 75.4 Å². The average Bonchev–Trinajstić information content (AvgIpc) is 2.27. The van der Waals surface area contributed by atoms with Crippen molar-refractivity contribution in [2.75, 3.05) is 6.54 Å². The maximum atomic E-state index is 11.4. The molecule has 0 aliphatic carbocycles. The molecule has 1 aromatic rings. The molecule has 0 spiro atoms. The van der Waals surface area contributed by atoms with E-state index in [0.717, 1.165) is 5.56 Å². The lowest BCUT2D eigenvalue weighted by molar-refractivity contribution is -0.121. The predicted octanol–water partition coefficient (Wildman–Crippen LogP) is 1.73. The molecule has 0 aliphatic rings. The molecule has 1 atom stereocenters. The van der Waals surface area contributed by atoms with Gasteiger partial charge in [0.05, 0.1) is 6.04 Å². The number of rotatable bonds is 5. The van der Waals surface area contributed by atoms with Crippen molar-refractivity contribution in [3.8, 4) is 5.75 Å². The maximum absolute atomic E-state index is 11.4. The summed E-state index contributed by atoms with van der Waals surface area (Å²) >= 11 is 0. The summed E-state index contributed by atoms with van der Waals surface area (Å²) in [4.78, 5) is 11.4. The van der Waals surface area contributed by atoms with E-state index in [1.54, 1.807) is 24.3 Å². The Labute approximate surface area is 108 Å². The van der Waals surface area contributed by atoms with E-state index >= 15 is 0 Å². The number of nitrogens with two attached hydrogens (primary N) is 1. The van der Waals surface area contributed by atoms with Crippen LogP contribution in [0, 0.1) is 0 Å². The highest BCUT2D eigenvalue weighted by atomic mass is 35.5. The van der Waals surface area contributed by atoms with Crippen LogP contribution in [0.2, 0.25) is 0 Å². The molecule has 17 heavy (non-hydrogen) atoms. The Morgan fingerprint density at radius 2 is 2.00 bits per heavy atom. The summed E-state index contributed by atoms with van der Waals surface area (Å²) in [5.74, 6) is 0.233. The Hall–Kier alpha value is -1.26. The van der Waals surface area contributed by atoms with Crippen molar-refractivity contribution in [2.24, 2.45) is 5.73 Å². The van der Waals surface area contributed by atoms with Gasteiger partial charge in [-0.3, -0.25) is 4.79 Å². The second-order valence-corrected chi connectivity index (χ2v) is 3.77. The molecule has 0 heterocycles. The van der Waals surface area contributed by atoms with Gasteiger partial charge in [-0.25, -0.2) is 0 Å². The Kier molecular flexibility index (Phi) is 7.34. The van der Waals surface area contributed by atoms with Gasteiger partial charge in [0.15, 0.2) is 0 Å². The predicted molar refractivity (Wildman–Crippen MR) is 70.2 cm³/mol. The standard InChI is InChI=1S/C12H18N2O2.ClH/c1-9(14-12(16)3-2-8-13)10-4-6-11(15)7-5-10;/h4-7,9,15H,2-3,8,13H2,1H3,(H,14,16);1H. The largest absolute Gasteiger partial charge is 0.508 e. The quantitative estimate of drug-likeness (QED) is 0.753. The molecule has 4 N–H and O–H groups in total. The monoisotopic (exact) mass is 258 g/mol. The fraction of sp³-hybridized carbons (Fsp3) is 0.417. The molecule has 0 fully saturated rings. The molecule has 1 rings (SSSR count). The fourth-order valence-corrected chi connectivity index (χ4v) is 1.42. The van der Waals surface area contributed by atoms with Crippen LogP contribution in [0.3, 0.4) is 0 Å². The summed E-state index contributed by atoms with van der Waals surface area (Å²) in [5, 5.41) is 12.0. The highest BCUT2D eigenvalue weighted by Gasteiger charge is 2.08. The molecule has 0 bridgehead atoms. The molecule has 1 aromatic carbocycles. The Morgan fingerprint density at radius 1 is 1.41 bits per heavy atom. The lowest BCUT2D eigenvalue weighted by Crippen LogP contribution is -2.26. The average molecular weight is 259 g/mol. The van der Waals surface area contributed by atoms with Gasteiger partial charge in [0, 0.05) is 6.42 Å². The van der Waals surface area contributed by atoms with Crippen LogP contribution in [-0.2, 0) is 4.79 Å². The first-order valence-corrected chi connectivity index (χ1v) is 5.42. The van der Waals surface area contributed by atoms with Gasteiger partial charge >= 0.3 is 0 Å². The third-order valence-corrected chi connectivity index (χ3v) is 2.38. The van der Waals surface area contributed by atoms with Gasteiger partial charge in [0.1, 0.15) is 5.75 Å². The number of aromatic hydroxyl groups is 1. The molecular formula is C12H19ClN2O2. The summed E-state index contributed by atoms with van der Waals surface area (Å²) in [6, 6.07) is 6.76. The normalized spacial score (nSPS) is 11.4. The second kappa shape index (κ2) is 7.92. The van der Waals surface area contributed by atoms with Crippen LogP contribution in [0.1, 0.15) is 31.4 Å². The van der Waals surface area contributed by atoms with Crippen LogP contribution < -0.4 is 11.1 Å². The van der Waals surface area contributed by atoms with Gasteiger partial charge in [-0.1, -0.05) is 12.1 Å². The molecule has 0 saturated heterocycles. The first-order chi connectivity index (χ1) is 7.63. The van der Waals surface area contributed by atoms with Gasteiger partial charge in [0.25, 0.3) is 0 Å². The van der Waals surface area contributed by atoms with Crippen molar-refractivity contribution in [3.63, 3.8) is 0 Å². The zero-order valence-corrected chi connectivity index (χ0v) is 10.7. The third-order valence-electron chi connectivity index (χ3n) is 2.38. The molecule has 0 aliphatic heterocycles. The van der Waals surface area contributed by atoms with Crippen LogP contribution >= 0.6 is 12.4 Å². The fourth-order valence-electron chi connectivity index (χ4n) is 1.42. The Balaban J connectivity index is 0.00000256. The van der Waals surface area contributed by atoms with Crippen molar-refractivity contribution in [3.05, 3.63) is 29.8 Å². The van der Waals surface area contributed by atoms with Crippen molar-refractivity contribution in [2.45, 2.75) is 25.8 Å².